The summed E-state index contributed by atoms with van der Waals surface area (Å²) < 4.78 is 8.10. The summed E-state index contributed by atoms with van der Waals surface area (Å²) >= 11 is 0. The quantitative estimate of drug-likeness (QED) is 0.289. The fourth-order valence-corrected chi connectivity index (χ4v) is 4.25. The number of phenols is 2. The first-order valence-electron chi connectivity index (χ1n) is 11.9. The number of hydrogen-bond donors (Lipinski definition) is 4. The van der Waals surface area contributed by atoms with Gasteiger partial charge in [-0.3, -0.25) is 4.79 Å². The average Bonchev–Trinajstić information content (AvgIpc) is 3.42. The zero-order chi connectivity index (χ0) is 27.7. The summed E-state index contributed by atoms with van der Waals surface area (Å²) in [6.07, 6.45) is -0.569. The number of aromatic nitrogens is 4. The summed E-state index contributed by atoms with van der Waals surface area (Å²) in [6.45, 7) is 4.08. The van der Waals surface area contributed by atoms with Crippen molar-refractivity contribution in [2.24, 2.45) is 7.05 Å². The topological polar surface area (TPSA) is 155 Å². The molecule has 2 aromatic carbocycles. The van der Waals surface area contributed by atoms with Crippen molar-refractivity contribution >= 4 is 22.9 Å². The van der Waals surface area contributed by atoms with Gasteiger partial charge >= 0.3 is 12.1 Å². The number of benzene rings is 2. The van der Waals surface area contributed by atoms with Gasteiger partial charge in [0.2, 0.25) is 0 Å². The van der Waals surface area contributed by atoms with Crippen LogP contribution in [0.4, 0.5) is 4.79 Å². The second kappa shape index (κ2) is 10.3. The van der Waals surface area contributed by atoms with Crippen molar-refractivity contribution in [3.8, 4) is 34.6 Å². The van der Waals surface area contributed by atoms with Crippen molar-refractivity contribution in [1.82, 2.24) is 29.5 Å². The van der Waals surface area contributed by atoms with Crippen molar-refractivity contribution in [2.75, 3.05) is 27.2 Å². The van der Waals surface area contributed by atoms with Crippen molar-refractivity contribution in [2.45, 2.75) is 19.8 Å². The van der Waals surface area contributed by atoms with Crippen molar-refractivity contribution in [1.29, 1.82) is 0 Å². The fourth-order valence-electron chi connectivity index (χ4n) is 4.25. The summed E-state index contributed by atoms with van der Waals surface area (Å²) in [5, 5.41) is 42.3. The third-order valence-electron chi connectivity index (χ3n) is 6.37. The smallest absolute Gasteiger partial charge is 0.406 e. The number of rotatable bonds is 7. The Kier molecular flexibility index (Phi) is 7.15. The van der Waals surface area contributed by atoms with Gasteiger partial charge in [-0.15, -0.1) is 5.10 Å². The summed E-state index contributed by atoms with van der Waals surface area (Å²) in [6, 6.07) is 9.52. The van der Waals surface area contributed by atoms with Gasteiger partial charge in [-0.1, -0.05) is 18.9 Å². The van der Waals surface area contributed by atoms with Crippen molar-refractivity contribution < 1.29 is 29.6 Å². The highest BCUT2D eigenvalue weighted by Gasteiger charge is 2.22. The van der Waals surface area contributed by atoms with E-state index in [1.165, 1.54) is 22.6 Å². The third kappa shape index (κ3) is 4.80. The molecule has 2 aromatic heterocycles. The largest absolute Gasteiger partial charge is 0.508 e. The van der Waals surface area contributed by atoms with Crippen LogP contribution in [0, 0.1) is 0 Å². The van der Waals surface area contributed by atoms with E-state index >= 15 is 0 Å². The number of fused-ring (bicyclic) bond motifs is 1. The van der Waals surface area contributed by atoms with Gasteiger partial charge in [0.1, 0.15) is 23.8 Å². The molecule has 12 heteroatoms. The van der Waals surface area contributed by atoms with E-state index in [0.29, 0.717) is 22.5 Å². The van der Waals surface area contributed by atoms with Crippen LogP contribution in [0.5, 0.6) is 17.5 Å². The van der Waals surface area contributed by atoms with Gasteiger partial charge in [0.15, 0.2) is 5.82 Å². The highest BCUT2D eigenvalue weighted by molar-refractivity contribution is 5.99. The van der Waals surface area contributed by atoms with Crippen LogP contribution in [0.1, 0.15) is 35.8 Å². The highest BCUT2D eigenvalue weighted by atomic mass is 16.5. The normalized spacial score (nSPS) is 11.2. The minimum Gasteiger partial charge on any atom is -0.508 e. The molecule has 0 saturated heterocycles. The maximum atomic E-state index is 13.1. The molecule has 0 saturated carbocycles. The van der Waals surface area contributed by atoms with Crippen LogP contribution in [0.25, 0.3) is 28.0 Å². The Morgan fingerprint density at radius 3 is 2.50 bits per heavy atom. The lowest BCUT2D eigenvalue weighted by Crippen LogP contribution is -2.33. The predicted molar refractivity (Wildman–Crippen MR) is 140 cm³/mol. The number of nitrogens with zero attached hydrogens (tertiary/aromatic N) is 5. The van der Waals surface area contributed by atoms with Gasteiger partial charge in [0.05, 0.1) is 17.8 Å². The van der Waals surface area contributed by atoms with Gasteiger partial charge in [0.25, 0.3) is 5.91 Å². The lowest BCUT2D eigenvalue weighted by atomic mass is 9.98. The van der Waals surface area contributed by atoms with Crippen LogP contribution < -0.4 is 5.32 Å². The van der Waals surface area contributed by atoms with E-state index < -0.39 is 6.09 Å². The number of phenolic OH excluding ortho intramolecular Hbond substituents is 2. The number of likely N-dealkylation sites (N-methyl/N-ethyl adjacent to an activating group) is 1. The first-order valence-corrected chi connectivity index (χ1v) is 11.9. The molecule has 4 aromatic rings. The molecule has 0 aliphatic rings. The Balaban J connectivity index is 1.70. The minimum absolute atomic E-state index is 0.0237. The molecule has 0 bridgehead atoms. The van der Waals surface area contributed by atoms with Crippen LogP contribution in [-0.4, -0.2) is 78.8 Å². The number of ether oxygens (including phenoxy) is 1. The molecule has 0 atom stereocenters. The molecule has 4 N–H and O–H groups in total. The van der Waals surface area contributed by atoms with E-state index in [4.69, 9.17) is 4.74 Å². The van der Waals surface area contributed by atoms with Gasteiger partial charge in [0, 0.05) is 38.1 Å². The lowest BCUT2D eigenvalue weighted by Gasteiger charge is -2.17. The first kappa shape index (κ1) is 26.3. The number of amides is 2. The Morgan fingerprint density at radius 1 is 1.08 bits per heavy atom. The van der Waals surface area contributed by atoms with E-state index in [-0.39, 0.29) is 48.3 Å². The SMILES string of the molecule is CNC(=O)OCCN(C)C(=O)c1cc2cc(-n3c(O)nnc3-c3cc(C(C)C)c(O)cc3O)ccc2n1C. The number of alkyl carbamates (subject to hydrolysis) is 1. The molecule has 2 heterocycles. The number of carbonyl (C=O) groups excluding carboxylic acids is 2. The molecule has 0 fully saturated rings. The molecule has 0 aliphatic carbocycles. The van der Waals surface area contributed by atoms with E-state index in [9.17, 15) is 24.9 Å². The summed E-state index contributed by atoms with van der Waals surface area (Å²) in [5.41, 5.74) is 2.61. The Morgan fingerprint density at radius 2 is 1.82 bits per heavy atom. The number of carbonyl (C=O) groups is 2. The molecule has 38 heavy (non-hydrogen) atoms. The first-order chi connectivity index (χ1) is 18.0. The summed E-state index contributed by atoms with van der Waals surface area (Å²) in [5.74, 6) is -0.343. The maximum absolute atomic E-state index is 13.1. The molecule has 0 aliphatic heterocycles. The molecule has 0 unspecified atom stereocenters. The standard InChI is InChI=1S/C26H30N6O6/c1-14(2)17-12-18(22(34)13-21(17)33)23-28-29-25(36)32(23)16-6-7-19-15(10-16)11-20(31(19)5)24(35)30(4)8-9-38-26(37)27-3/h6-7,10-14,33-34H,8-9H2,1-5H3,(H,27,37)(H,29,36). The van der Waals surface area contributed by atoms with E-state index in [1.54, 1.807) is 49.0 Å². The fraction of sp³-hybridized carbons (Fsp3) is 0.308. The van der Waals surface area contributed by atoms with Crippen LogP contribution in [0.2, 0.25) is 0 Å². The second-order valence-electron chi connectivity index (χ2n) is 9.19. The van der Waals surface area contributed by atoms with Gasteiger partial charge < -0.3 is 34.8 Å². The molecule has 4 rings (SSSR count). The highest BCUT2D eigenvalue weighted by Crippen LogP contribution is 2.39. The van der Waals surface area contributed by atoms with Crippen molar-refractivity contribution in [3.63, 3.8) is 0 Å². The number of hydrogen-bond acceptors (Lipinski definition) is 8. The monoisotopic (exact) mass is 522 g/mol. The molecule has 0 spiro atoms. The molecular formula is C26H30N6O6. The van der Waals surface area contributed by atoms with E-state index in [1.807, 2.05) is 13.8 Å². The number of nitrogens with one attached hydrogen (secondary N) is 1. The minimum atomic E-state index is -0.569. The van der Waals surface area contributed by atoms with Gasteiger partial charge in [-0.2, -0.15) is 0 Å². The Bertz CT molecular complexity index is 1520. The second-order valence-corrected chi connectivity index (χ2v) is 9.19. The molecule has 12 nitrogen and oxygen atoms in total. The average molecular weight is 523 g/mol. The molecule has 0 radical (unpaired) electrons. The Labute approximate surface area is 218 Å². The zero-order valence-corrected chi connectivity index (χ0v) is 21.8. The number of aryl methyl sites for hydroxylation is 1. The molecule has 2 amide bonds. The van der Waals surface area contributed by atoms with Crippen LogP contribution in [0.3, 0.4) is 0 Å². The number of aromatic hydroxyl groups is 3. The van der Waals surface area contributed by atoms with Gasteiger partial charge in [-0.05, 0) is 41.8 Å². The maximum Gasteiger partial charge on any atom is 0.406 e. The molecular weight excluding hydrogens is 492 g/mol. The molecule has 200 valence electrons. The van der Waals surface area contributed by atoms with Crippen LogP contribution in [0.15, 0.2) is 36.4 Å². The predicted octanol–water partition coefficient (Wildman–Crippen LogP) is 3.09. The zero-order valence-electron chi connectivity index (χ0n) is 21.8. The lowest BCUT2D eigenvalue weighted by molar-refractivity contribution is 0.0737. The Hall–Kier alpha value is -4.74. The summed E-state index contributed by atoms with van der Waals surface area (Å²) in [4.78, 5) is 25.8. The summed E-state index contributed by atoms with van der Waals surface area (Å²) in [7, 11) is 4.85. The van der Waals surface area contributed by atoms with E-state index in [0.717, 1.165) is 10.9 Å². The van der Waals surface area contributed by atoms with Crippen molar-refractivity contribution in [3.05, 3.63) is 47.7 Å². The third-order valence-corrected chi connectivity index (χ3v) is 6.37. The van der Waals surface area contributed by atoms with Crippen LogP contribution in [-0.2, 0) is 11.8 Å². The van der Waals surface area contributed by atoms with E-state index in [2.05, 4.69) is 15.5 Å². The van der Waals surface area contributed by atoms with Gasteiger partial charge in [-0.25, -0.2) is 9.36 Å². The van der Waals surface area contributed by atoms with Crippen LogP contribution >= 0.6 is 0 Å².